The van der Waals surface area contributed by atoms with Crippen LogP contribution in [-0.4, -0.2) is 47.5 Å². The van der Waals surface area contributed by atoms with Crippen molar-refractivity contribution in [1.29, 1.82) is 0 Å². The number of ether oxygens (including phenoxy) is 1. The molecule has 30 heavy (non-hydrogen) atoms. The number of amides is 3. The molecule has 0 radical (unpaired) electrons. The molecular weight excluding hydrogens is 408 g/mol. The third kappa shape index (κ3) is 4.16. The van der Waals surface area contributed by atoms with Gasteiger partial charge in [-0.25, -0.2) is 4.79 Å². The van der Waals surface area contributed by atoms with Crippen LogP contribution in [0, 0.1) is 18.8 Å². The van der Waals surface area contributed by atoms with Gasteiger partial charge in [0.05, 0.1) is 28.9 Å². The zero-order valence-corrected chi connectivity index (χ0v) is 18.2. The molecule has 0 spiro atoms. The van der Waals surface area contributed by atoms with Crippen LogP contribution in [0.25, 0.3) is 0 Å². The van der Waals surface area contributed by atoms with Crippen LogP contribution in [0.4, 0.5) is 5.00 Å². The van der Waals surface area contributed by atoms with Crippen molar-refractivity contribution in [2.45, 2.75) is 52.9 Å². The maximum absolute atomic E-state index is 12.5. The van der Waals surface area contributed by atoms with Crippen LogP contribution >= 0.6 is 11.3 Å². The largest absolute Gasteiger partial charge is 0.462 e. The number of hydrogen-bond acceptors (Lipinski definition) is 7. The van der Waals surface area contributed by atoms with E-state index in [2.05, 4.69) is 5.32 Å². The number of ketones is 1. The fourth-order valence-electron chi connectivity index (χ4n) is 4.24. The van der Waals surface area contributed by atoms with Crippen LogP contribution in [0.3, 0.4) is 0 Å². The molecule has 1 N–H and O–H groups in total. The number of nitrogens with zero attached hydrogens (tertiary/aromatic N) is 1. The van der Waals surface area contributed by atoms with Crippen molar-refractivity contribution in [2.24, 2.45) is 11.8 Å². The molecule has 1 aromatic rings. The van der Waals surface area contributed by atoms with Gasteiger partial charge < -0.3 is 10.1 Å². The lowest BCUT2D eigenvalue weighted by molar-refractivity contribution is -0.140. The molecule has 162 valence electrons. The number of Topliss-reactive ketones (excluding diaryl/α,β-unsaturated/α-hetero) is 1. The van der Waals surface area contributed by atoms with E-state index in [4.69, 9.17) is 4.74 Å². The van der Waals surface area contributed by atoms with E-state index in [9.17, 15) is 24.0 Å². The summed E-state index contributed by atoms with van der Waals surface area (Å²) in [6.45, 7) is 4.88. The van der Waals surface area contributed by atoms with Crippen LogP contribution in [0.15, 0.2) is 0 Å². The highest BCUT2D eigenvalue weighted by molar-refractivity contribution is 7.18. The highest BCUT2D eigenvalue weighted by Crippen LogP contribution is 2.38. The van der Waals surface area contributed by atoms with Gasteiger partial charge >= 0.3 is 5.97 Å². The van der Waals surface area contributed by atoms with E-state index in [-0.39, 0.29) is 59.6 Å². The molecule has 0 bridgehead atoms. The van der Waals surface area contributed by atoms with Gasteiger partial charge in [0.1, 0.15) is 5.00 Å². The summed E-state index contributed by atoms with van der Waals surface area (Å²) < 4.78 is 5.06. The van der Waals surface area contributed by atoms with E-state index in [0.29, 0.717) is 10.4 Å². The highest BCUT2D eigenvalue weighted by Gasteiger charge is 2.47. The third-order valence-electron chi connectivity index (χ3n) is 5.69. The summed E-state index contributed by atoms with van der Waals surface area (Å²) in [5, 5.41) is 2.90. The number of rotatable bonds is 7. The summed E-state index contributed by atoms with van der Waals surface area (Å²) in [6.07, 6.45) is 3.26. The van der Waals surface area contributed by atoms with E-state index in [0.717, 1.165) is 37.0 Å². The Bertz CT molecular complexity index is 882. The van der Waals surface area contributed by atoms with Gasteiger partial charge in [0.15, 0.2) is 5.78 Å². The van der Waals surface area contributed by atoms with Crippen LogP contribution in [0.1, 0.15) is 71.5 Å². The van der Waals surface area contributed by atoms with Gasteiger partial charge in [0.2, 0.25) is 17.7 Å². The van der Waals surface area contributed by atoms with Gasteiger partial charge in [-0.15, -0.1) is 11.3 Å². The summed E-state index contributed by atoms with van der Waals surface area (Å²) in [5.41, 5.74) is 0.634. The predicted octanol–water partition coefficient (Wildman–Crippen LogP) is 2.94. The second-order valence-corrected chi connectivity index (χ2v) is 8.68. The number of hydrogen-bond donors (Lipinski definition) is 1. The van der Waals surface area contributed by atoms with Crippen molar-refractivity contribution in [2.75, 3.05) is 18.5 Å². The van der Waals surface area contributed by atoms with Crippen LogP contribution in [0.5, 0.6) is 0 Å². The number of likely N-dealkylation sites (tertiary alicyclic amines) is 1. The molecule has 2 aliphatic rings. The normalized spacial score (nSPS) is 20.8. The van der Waals surface area contributed by atoms with Gasteiger partial charge in [-0.3, -0.25) is 24.1 Å². The molecule has 2 heterocycles. The molecule has 1 aliphatic heterocycles. The fraction of sp³-hybridized carbons (Fsp3) is 0.571. The van der Waals surface area contributed by atoms with E-state index in [1.54, 1.807) is 13.8 Å². The first-order chi connectivity index (χ1) is 14.3. The summed E-state index contributed by atoms with van der Waals surface area (Å²) in [6, 6.07) is 0. The number of imide groups is 1. The Morgan fingerprint density at radius 2 is 1.73 bits per heavy atom. The van der Waals surface area contributed by atoms with Crippen molar-refractivity contribution in [1.82, 2.24) is 4.90 Å². The summed E-state index contributed by atoms with van der Waals surface area (Å²) in [4.78, 5) is 63.4. The number of thiophene rings is 1. The predicted molar refractivity (Wildman–Crippen MR) is 110 cm³/mol. The molecule has 2 atom stereocenters. The Hall–Kier alpha value is -2.55. The average Bonchev–Trinajstić information content (AvgIpc) is 3.15. The highest BCUT2D eigenvalue weighted by atomic mass is 32.1. The summed E-state index contributed by atoms with van der Waals surface area (Å²) in [7, 11) is 0. The van der Waals surface area contributed by atoms with Gasteiger partial charge in [0, 0.05) is 13.0 Å². The SMILES string of the molecule is CCOC(=O)c1c(NC(=O)CCN2C(=O)C3CCCCC3C2=O)sc(C(C)=O)c1C. The van der Waals surface area contributed by atoms with E-state index in [1.807, 2.05) is 0 Å². The first-order valence-corrected chi connectivity index (χ1v) is 11.0. The number of anilines is 1. The molecule has 9 heteroatoms. The molecule has 3 amide bonds. The lowest BCUT2D eigenvalue weighted by atomic mass is 9.81. The van der Waals surface area contributed by atoms with E-state index < -0.39 is 11.9 Å². The molecular formula is C21H26N2O6S. The van der Waals surface area contributed by atoms with E-state index in [1.165, 1.54) is 11.8 Å². The molecule has 8 nitrogen and oxygen atoms in total. The van der Waals surface area contributed by atoms with Crippen molar-refractivity contribution in [3.8, 4) is 0 Å². The quantitative estimate of drug-likeness (QED) is 0.401. The number of carbonyl (C=O) groups is 5. The van der Waals surface area contributed by atoms with E-state index >= 15 is 0 Å². The molecule has 3 rings (SSSR count). The topological polar surface area (TPSA) is 110 Å². The Labute approximate surface area is 178 Å². The fourth-order valence-corrected chi connectivity index (χ4v) is 5.35. The molecule has 0 aromatic carbocycles. The zero-order chi connectivity index (χ0) is 22.0. The molecule has 1 saturated heterocycles. The van der Waals surface area contributed by atoms with Crippen molar-refractivity contribution in [3.05, 3.63) is 16.0 Å². The number of fused-ring (bicyclic) bond motifs is 1. The van der Waals surface area contributed by atoms with Gasteiger partial charge in [-0.05, 0) is 39.2 Å². The molecule has 2 unspecified atom stereocenters. The van der Waals surface area contributed by atoms with Crippen molar-refractivity contribution < 1.29 is 28.7 Å². The molecule has 1 saturated carbocycles. The maximum Gasteiger partial charge on any atom is 0.341 e. The minimum absolute atomic E-state index is 0.00909. The first kappa shape index (κ1) is 22.1. The second-order valence-electron chi connectivity index (χ2n) is 7.66. The number of carbonyl (C=O) groups excluding carboxylic acids is 5. The smallest absolute Gasteiger partial charge is 0.341 e. The minimum Gasteiger partial charge on any atom is -0.462 e. The van der Waals surface area contributed by atoms with Crippen LogP contribution < -0.4 is 5.32 Å². The Balaban J connectivity index is 1.70. The van der Waals surface area contributed by atoms with Gasteiger partial charge in [-0.2, -0.15) is 0 Å². The Morgan fingerprint density at radius 1 is 1.13 bits per heavy atom. The number of nitrogens with one attached hydrogen (secondary N) is 1. The van der Waals surface area contributed by atoms with Crippen molar-refractivity contribution >= 4 is 45.8 Å². The monoisotopic (exact) mass is 434 g/mol. The lowest BCUT2D eigenvalue weighted by Gasteiger charge is -2.19. The minimum atomic E-state index is -0.608. The Kier molecular flexibility index (Phi) is 6.70. The van der Waals surface area contributed by atoms with Crippen LogP contribution in [0.2, 0.25) is 0 Å². The maximum atomic E-state index is 12.5. The molecule has 1 aliphatic carbocycles. The molecule has 1 aromatic heterocycles. The Morgan fingerprint density at radius 3 is 2.27 bits per heavy atom. The number of esters is 1. The van der Waals surface area contributed by atoms with Crippen LogP contribution in [-0.2, 0) is 19.1 Å². The standard InChI is InChI=1S/C21H26N2O6S/c1-4-29-21(28)16-11(2)17(12(3)24)30-18(16)22-15(25)9-10-23-19(26)13-7-5-6-8-14(13)20(23)27/h13-14H,4-10H2,1-3H3,(H,22,25). The summed E-state index contributed by atoms with van der Waals surface area (Å²) >= 11 is 1.02. The molecule has 2 fully saturated rings. The van der Waals surface area contributed by atoms with Gasteiger partial charge in [0.25, 0.3) is 0 Å². The van der Waals surface area contributed by atoms with Crippen molar-refractivity contribution in [3.63, 3.8) is 0 Å². The third-order valence-corrected chi connectivity index (χ3v) is 7.00. The first-order valence-electron chi connectivity index (χ1n) is 10.2. The van der Waals surface area contributed by atoms with Gasteiger partial charge in [-0.1, -0.05) is 12.8 Å². The average molecular weight is 435 g/mol. The zero-order valence-electron chi connectivity index (χ0n) is 17.4. The lowest BCUT2D eigenvalue weighted by Crippen LogP contribution is -2.34. The second kappa shape index (κ2) is 9.07. The summed E-state index contributed by atoms with van der Waals surface area (Å²) in [5.74, 6) is -2.12.